The van der Waals surface area contributed by atoms with Crippen molar-refractivity contribution < 1.29 is 4.92 Å². The number of nitro groups is 1. The molecule has 0 aromatic carbocycles. The van der Waals surface area contributed by atoms with Gasteiger partial charge in [0.05, 0.1) is 0 Å². The second-order valence-electron chi connectivity index (χ2n) is 2.12. The van der Waals surface area contributed by atoms with Crippen molar-refractivity contribution in [1.82, 2.24) is 4.98 Å². The quantitative estimate of drug-likeness (QED) is 0.472. The molecule has 0 bridgehead atoms. The van der Waals surface area contributed by atoms with Crippen molar-refractivity contribution in [3.63, 3.8) is 0 Å². The van der Waals surface area contributed by atoms with Crippen LogP contribution in [-0.2, 0) is 6.54 Å². The highest BCUT2D eigenvalue weighted by molar-refractivity contribution is 9.10. The van der Waals surface area contributed by atoms with Crippen LogP contribution in [0.15, 0.2) is 16.7 Å². The third kappa shape index (κ3) is 1.99. The normalized spacial score (nSPS) is 9.83. The number of nitrogens with zero attached hydrogens (tertiary/aromatic N) is 2. The zero-order valence-electron chi connectivity index (χ0n) is 6.03. The lowest BCUT2D eigenvalue weighted by atomic mass is 10.3. The predicted molar refractivity (Wildman–Crippen MR) is 46.5 cm³/mol. The monoisotopic (exact) mass is 231 g/mol. The first-order chi connectivity index (χ1) is 5.63. The predicted octanol–water partition coefficient (Wildman–Crippen LogP) is 1.21. The molecule has 0 aliphatic carbocycles. The van der Waals surface area contributed by atoms with E-state index in [1.807, 2.05) is 0 Å². The molecule has 0 aliphatic heterocycles. The molecule has 0 radical (unpaired) electrons. The SMILES string of the molecule is NCc1cc(Br)nc([N+](=O)[O-])c1. The summed E-state index contributed by atoms with van der Waals surface area (Å²) in [4.78, 5) is 13.4. The van der Waals surface area contributed by atoms with Crippen LogP contribution >= 0.6 is 15.9 Å². The van der Waals surface area contributed by atoms with Crippen LogP contribution in [0.1, 0.15) is 5.56 Å². The van der Waals surface area contributed by atoms with Crippen molar-refractivity contribution in [3.05, 3.63) is 32.4 Å². The third-order valence-electron chi connectivity index (χ3n) is 1.26. The van der Waals surface area contributed by atoms with E-state index in [2.05, 4.69) is 20.9 Å². The number of halogens is 1. The summed E-state index contributed by atoms with van der Waals surface area (Å²) in [6.07, 6.45) is 0. The van der Waals surface area contributed by atoms with E-state index in [9.17, 15) is 10.1 Å². The summed E-state index contributed by atoms with van der Waals surface area (Å²) in [5, 5.41) is 10.3. The Hall–Kier alpha value is -1.01. The highest BCUT2D eigenvalue weighted by Gasteiger charge is 2.10. The average Bonchev–Trinajstić information content (AvgIpc) is 2.03. The lowest BCUT2D eigenvalue weighted by Crippen LogP contribution is -1.99. The molecule has 0 saturated carbocycles. The lowest BCUT2D eigenvalue weighted by Gasteiger charge is -1.95. The molecule has 0 atom stereocenters. The van der Waals surface area contributed by atoms with Crippen molar-refractivity contribution in [1.29, 1.82) is 0 Å². The Labute approximate surface area is 76.9 Å². The number of rotatable bonds is 2. The van der Waals surface area contributed by atoms with Gasteiger partial charge < -0.3 is 15.8 Å². The highest BCUT2D eigenvalue weighted by atomic mass is 79.9. The van der Waals surface area contributed by atoms with Gasteiger partial charge in [-0.25, -0.2) is 0 Å². The van der Waals surface area contributed by atoms with E-state index < -0.39 is 4.92 Å². The van der Waals surface area contributed by atoms with Gasteiger partial charge in [-0.15, -0.1) is 0 Å². The average molecular weight is 232 g/mol. The van der Waals surface area contributed by atoms with Crippen molar-refractivity contribution in [2.24, 2.45) is 5.73 Å². The molecule has 0 unspecified atom stereocenters. The Balaban J connectivity index is 3.15. The number of pyridine rings is 1. The van der Waals surface area contributed by atoms with Gasteiger partial charge in [-0.1, -0.05) is 0 Å². The second-order valence-corrected chi connectivity index (χ2v) is 2.93. The van der Waals surface area contributed by atoms with E-state index in [1.54, 1.807) is 6.07 Å². The molecule has 0 spiro atoms. The van der Waals surface area contributed by atoms with Gasteiger partial charge >= 0.3 is 5.82 Å². The fraction of sp³-hybridized carbons (Fsp3) is 0.167. The molecule has 12 heavy (non-hydrogen) atoms. The minimum atomic E-state index is -0.552. The van der Waals surface area contributed by atoms with Crippen molar-refractivity contribution in [2.75, 3.05) is 0 Å². The molecule has 1 aromatic rings. The van der Waals surface area contributed by atoms with E-state index in [0.29, 0.717) is 10.2 Å². The molecule has 6 heteroatoms. The van der Waals surface area contributed by atoms with Crippen LogP contribution in [0.3, 0.4) is 0 Å². The van der Waals surface area contributed by atoms with Crippen LogP contribution in [0.2, 0.25) is 0 Å². The van der Waals surface area contributed by atoms with Crippen LogP contribution in [0.4, 0.5) is 5.82 Å². The summed E-state index contributed by atoms with van der Waals surface area (Å²) in [6, 6.07) is 3.00. The van der Waals surface area contributed by atoms with Gasteiger partial charge in [-0.2, -0.15) is 0 Å². The summed E-state index contributed by atoms with van der Waals surface area (Å²) in [5.74, 6) is -0.190. The first-order valence-corrected chi connectivity index (χ1v) is 3.93. The largest absolute Gasteiger partial charge is 0.364 e. The lowest BCUT2D eigenvalue weighted by molar-refractivity contribution is -0.389. The fourth-order valence-corrected chi connectivity index (χ4v) is 1.22. The standard InChI is InChI=1S/C6H6BrN3O2/c7-5-1-4(3-8)2-6(9-5)10(11)12/h1-2H,3,8H2. The maximum atomic E-state index is 10.3. The minimum absolute atomic E-state index is 0.190. The molecule has 0 aliphatic rings. The van der Waals surface area contributed by atoms with Gasteiger partial charge in [0.25, 0.3) is 0 Å². The molecule has 0 saturated heterocycles. The minimum Gasteiger partial charge on any atom is -0.358 e. The zero-order valence-corrected chi connectivity index (χ0v) is 7.61. The van der Waals surface area contributed by atoms with Crippen LogP contribution in [0, 0.1) is 10.1 Å². The van der Waals surface area contributed by atoms with E-state index in [-0.39, 0.29) is 12.4 Å². The number of aromatic nitrogens is 1. The third-order valence-corrected chi connectivity index (χ3v) is 1.67. The summed E-state index contributed by atoms with van der Waals surface area (Å²) >= 11 is 3.05. The molecule has 0 amide bonds. The van der Waals surface area contributed by atoms with Crippen LogP contribution in [-0.4, -0.2) is 9.91 Å². The van der Waals surface area contributed by atoms with Crippen molar-refractivity contribution in [2.45, 2.75) is 6.54 Å². The summed E-state index contributed by atoms with van der Waals surface area (Å²) in [5.41, 5.74) is 6.00. The topological polar surface area (TPSA) is 82.0 Å². The van der Waals surface area contributed by atoms with Crippen LogP contribution in [0.25, 0.3) is 0 Å². The van der Waals surface area contributed by atoms with Gasteiger partial charge in [0.1, 0.15) is 0 Å². The number of hydrogen-bond acceptors (Lipinski definition) is 4. The molecule has 2 N–H and O–H groups in total. The first-order valence-electron chi connectivity index (χ1n) is 3.14. The number of hydrogen-bond donors (Lipinski definition) is 1. The van der Waals surface area contributed by atoms with Crippen molar-refractivity contribution >= 4 is 21.7 Å². The molecule has 5 nitrogen and oxygen atoms in total. The van der Waals surface area contributed by atoms with Gasteiger partial charge in [-0.05, 0) is 15.5 Å². The fourth-order valence-electron chi connectivity index (χ4n) is 0.746. The molecule has 1 rings (SSSR count). The maximum absolute atomic E-state index is 10.3. The number of nitrogens with two attached hydrogens (primary N) is 1. The Morgan fingerprint density at radius 3 is 2.83 bits per heavy atom. The van der Waals surface area contributed by atoms with E-state index in [4.69, 9.17) is 5.73 Å². The molecule has 1 aromatic heterocycles. The van der Waals surface area contributed by atoms with Gasteiger partial charge in [0, 0.05) is 34.6 Å². The maximum Gasteiger partial charge on any atom is 0.364 e. The smallest absolute Gasteiger partial charge is 0.358 e. The Morgan fingerprint density at radius 1 is 1.67 bits per heavy atom. The zero-order chi connectivity index (χ0) is 9.14. The molecule has 64 valence electrons. The van der Waals surface area contributed by atoms with E-state index in [1.165, 1.54) is 6.07 Å². The summed E-state index contributed by atoms with van der Waals surface area (Å²) in [6.45, 7) is 0.266. The molecule has 1 heterocycles. The van der Waals surface area contributed by atoms with Crippen molar-refractivity contribution in [3.8, 4) is 0 Å². The second kappa shape index (κ2) is 3.59. The van der Waals surface area contributed by atoms with Gasteiger partial charge in [0.15, 0.2) is 0 Å². The molecule has 0 fully saturated rings. The summed E-state index contributed by atoms with van der Waals surface area (Å²) in [7, 11) is 0. The Bertz CT molecular complexity index is 316. The Kier molecular flexibility index (Phi) is 2.72. The van der Waals surface area contributed by atoms with Gasteiger partial charge in [0.2, 0.25) is 4.60 Å². The first kappa shape index (κ1) is 9.08. The Morgan fingerprint density at radius 2 is 2.33 bits per heavy atom. The summed E-state index contributed by atoms with van der Waals surface area (Å²) < 4.78 is 0.428. The highest BCUT2D eigenvalue weighted by Crippen LogP contribution is 2.15. The molecular formula is C6H6BrN3O2. The van der Waals surface area contributed by atoms with Crippen LogP contribution in [0.5, 0.6) is 0 Å². The van der Waals surface area contributed by atoms with E-state index in [0.717, 1.165) is 0 Å². The molecular weight excluding hydrogens is 226 g/mol. The van der Waals surface area contributed by atoms with Crippen LogP contribution < -0.4 is 5.73 Å². The van der Waals surface area contributed by atoms with Gasteiger partial charge in [-0.3, -0.25) is 0 Å². The van der Waals surface area contributed by atoms with E-state index >= 15 is 0 Å².